The van der Waals surface area contributed by atoms with Crippen molar-refractivity contribution in [3.63, 3.8) is 0 Å². The summed E-state index contributed by atoms with van der Waals surface area (Å²) in [5.74, 6) is 0. The van der Waals surface area contributed by atoms with Crippen LogP contribution >= 0.6 is 12.2 Å². The van der Waals surface area contributed by atoms with Crippen molar-refractivity contribution in [2.45, 2.75) is 0 Å². The second-order valence-electron chi connectivity index (χ2n) is 2.34. The standard InChI is InChI=1S/C9H6NS/c11-9-6-5-7-3-1-2-4-8(7)10-9/h2-6H,(H,10,11). The zero-order valence-corrected chi connectivity index (χ0v) is 6.61. The lowest BCUT2D eigenvalue weighted by atomic mass is 10.2. The number of hydrogen-bond donors (Lipinski definition) is 1. The van der Waals surface area contributed by atoms with E-state index < -0.39 is 0 Å². The van der Waals surface area contributed by atoms with E-state index in [0.29, 0.717) is 0 Å². The molecule has 1 aromatic carbocycles. The number of benzene rings is 1. The molecule has 0 unspecified atom stereocenters. The summed E-state index contributed by atoms with van der Waals surface area (Å²) in [5, 5.41) is 1.14. The van der Waals surface area contributed by atoms with E-state index in [4.69, 9.17) is 12.2 Å². The van der Waals surface area contributed by atoms with Crippen LogP contribution in [0, 0.1) is 10.7 Å². The summed E-state index contributed by atoms with van der Waals surface area (Å²) in [4.78, 5) is 3.08. The van der Waals surface area contributed by atoms with Crippen LogP contribution in [-0.4, -0.2) is 4.98 Å². The van der Waals surface area contributed by atoms with Crippen LogP contribution in [0.15, 0.2) is 30.3 Å². The summed E-state index contributed by atoms with van der Waals surface area (Å²) in [6.07, 6.45) is 0. The molecule has 0 fully saturated rings. The van der Waals surface area contributed by atoms with Gasteiger partial charge in [0, 0.05) is 5.52 Å². The lowest BCUT2D eigenvalue weighted by molar-refractivity contribution is 1.38. The van der Waals surface area contributed by atoms with Crippen molar-refractivity contribution in [1.29, 1.82) is 0 Å². The number of H-pyrrole nitrogens is 1. The fourth-order valence-electron chi connectivity index (χ4n) is 1.03. The van der Waals surface area contributed by atoms with Crippen LogP contribution in [-0.2, 0) is 0 Å². The van der Waals surface area contributed by atoms with Crippen molar-refractivity contribution in [2.24, 2.45) is 0 Å². The third kappa shape index (κ3) is 1.17. The summed E-state index contributed by atoms with van der Waals surface area (Å²) in [5.41, 5.74) is 1.07. The zero-order chi connectivity index (χ0) is 7.68. The van der Waals surface area contributed by atoms with Gasteiger partial charge in [-0.25, -0.2) is 0 Å². The average Bonchev–Trinajstić information content (AvgIpc) is 2.04. The van der Waals surface area contributed by atoms with Gasteiger partial charge in [-0.2, -0.15) is 0 Å². The molecule has 1 N–H and O–H groups in total. The summed E-state index contributed by atoms with van der Waals surface area (Å²) in [6.45, 7) is 0. The van der Waals surface area contributed by atoms with Gasteiger partial charge >= 0.3 is 0 Å². The SMILES string of the molecule is S=c1ccc2c[c]ccc2[nH]1. The molecule has 0 saturated carbocycles. The molecular weight excluding hydrogens is 154 g/mol. The predicted octanol–water partition coefficient (Wildman–Crippen LogP) is 2.70. The zero-order valence-electron chi connectivity index (χ0n) is 5.79. The van der Waals surface area contributed by atoms with Gasteiger partial charge in [-0.15, -0.1) is 0 Å². The maximum absolute atomic E-state index is 4.97. The molecule has 1 radical (unpaired) electrons. The van der Waals surface area contributed by atoms with E-state index in [1.54, 1.807) is 0 Å². The van der Waals surface area contributed by atoms with Crippen LogP contribution in [0.4, 0.5) is 0 Å². The summed E-state index contributed by atoms with van der Waals surface area (Å²) < 4.78 is 0.767. The van der Waals surface area contributed by atoms with Crippen LogP contribution in [0.1, 0.15) is 0 Å². The van der Waals surface area contributed by atoms with Gasteiger partial charge in [-0.3, -0.25) is 0 Å². The topological polar surface area (TPSA) is 15.8 Å². The first-order valence-corrected chi connectivity index (χ1v) is 3.76. The first-order valence-electron chi connectivity index (χ1n) is 3.35. The van der Waals surface area contributed by atoms with E-state index in [9.17, 15) is 0 Å². The second kappa shape index (κ2) is 2.47. The molecule has 2 rings (SSSR count). The number of fused-ring (bicyclic) bond motifs is 1. The average molecular weight is 160 g/mol. The molecule has 53 valence electrons. The minimum absolute atomic E-state index is 0.767. The quantitative estimate of drug-likeness (QED) is 0.586. The smallest absolute Gasteiger partial charge is 0.103 e. The molecule has 0 aliphatic rings. The van der Waals surface area contributed by atoms with Crippen LogP contribution < -0.4 is 0 Å². The van der Waals surface area contributed by atoms with E-state index in [1.807, 2.05) is 30.3 Å². The molecule has 0 amide bonds. The van der Waals surface area contributed by atoms with Gasteiger partial charge < -0.3 is 4.98 Å². The second-order valence-corrected chi connectivity index (χ2v) is 2.78. The maximum Gasteiger partial charge on any atom is 0.103 e. The Morgan fingerprint density at radius 1 is 1.27 bits per heavy atom. The number of hydrogen-bond acceptors (Lipinski definition) is 1. The Labute approximate surface area is 69.7 Å². The molecular formula is C9H6NS. The highest BCUT2D eigenvalue weighted by molar-refractivity contribution is 7.71. The largest absolute Gasteiger partial charge is 0.346 e. The van der Waals surface area contributed by atoms with E-state index in [2.05, 4.69) is 11.1 Å². The molecule has 11 heavy (non-hydrogen) atoms. The molecule has 2 heteroatoms. The van der Waals surface area contributed by atoms with Crippen molar-refractivity contribution in [3.05, 3.63) is 41.0 Å². The van der Waals surface area contributed by atoms with E-state index in [0.717, 1.165) is 15.5 Å². The van der Waals surface area contributed by atoms with Gasteiger partial charge in [0.05, 0.1) is 0 Å². The summed E-state index contributed by atoms with van der Waals surface area (Å²) in [6, 6.07) is 12.6. The van der Waals surface area contributed by atoms with Crippen LogP contribution in [0.3, 0.4) is 0 Å². The Morgan fingerprint density at radius 2 is 2.18 bits per heavy atom. The third-order valence-electron chi connectivity index (χ3n) is 1.57. The number of pyridine rings is 1. The normalized spacial score (nSPS) is 10.2. The van der Waals surface area contributed by atoms with Crippen molar-refractivity contribution in [1.82, 2.24) is 4.98 Å². The number of nitrogens with one attached hydrogen (secondary N) is 1. The van der Waals surface area contributed by atoms with E-state index in [-0.39, 0.29) is 0 Å². The maximum atomic E-state index is 4.97. The van der Waals surface area contributed by atoms with E-state index in [1.165, 1.54) is 0 Å². The number of rotatable bonds is 0. The lowest BCUT2D eigenvalue weighted by Gasteiger charge is -1.94. The molecule has 1 nitrogen and oxygen atoms in total. The number of aromatic nitrogens is 1. The molecule has 0 aliphatic heterocycles. The lowest BCUT2D eigenvalue weighted by Crippen LogP contribution is -1.76. The fourth-order valence-corrected chi connectivity index (χ4v) is 1.21. The minimum Gasteiger partial charge on any atom is -0.346 e. The van der Waals surface area contributed by atoms with Gasteiger partial charge in [-0.1, -0.05) is 18.3 Å². The van der Waals surface area contributed by atoms with E-state index >= 15 is 0 Å². The third-order valence-corrected chi connectivity index (χ3v) is 1.81. The monoisotopic (exact) mass is 160 g/mol. The van der Waals surface area contributed by atoms with Gasteiger partial charge in [0.2, 0.25) is 0 Å². The van der Waals surface area contributed by atoms with Gasteiger partial charge in [0.1, 0.15) is 4.64 Å². The minimum atomic E-state index is 0.767. The Morgan fingerprint density at radius 3 is 3.09 bits per heavy atom. The highest BCUT2D eigenvalue weighted by atomic mass is 32.1. The summed E-state index contributed by atoms with van der Waals surface area (Å²) >= 11 is 4.97. The Bertz CT molecular complexity index is 431. The fraction of sp³-hybridized carbons (Fsp3) is 0. The molecule has 0 saturated heterocycles. The van der Waals surface area contributed by atoms with Crippen LogP contribution in [0.5, 0.6) is 0 Å². The molecule has 0 atom stereocenters. The first-order chi connectivity index (χ1) is 5.36. The van der Waals surface area contributed by atoms with Crippen molar-refractivity contribution >= 4 is 23.1 Å². The highest BCUT2D eigenvalue weighted by Crippen LogP contribution is 2.08. The molecule has 0 spiro atoms. The van der Waals surface area contributed by atoms with Gasteiger partial charge in [0.25, 0.3) is 0 Å². The first kappa shape index (κ1) is 6.55. The van der Waals surface area contributed by atoms with Crippen molar-refractivity contribution in [3.8, 4) is 0 Å². The summed E-state index contributed by atoms with van der Waals surface area (Å²) in [7, 11) is 0. The Balaban J connectivity index is 2.94. The predicted molar refractivity (Wildman–Crippen MR) is 48.0 cm³/mol. The van der Waals surface area contributed by atoms with Crippen molar-refractivity contribution < 1.29 is 0 Å². The Kier molecular flexibility index (Phi) is 1.47. The molecule has 1 heterocycles. The van der Waals surface area contributed by atoms with Crippen LogP contribution in [0.2, 0.25) is 0 Å². The molecule has 2 aromatic rings. The molecule has 1 aromatic heterocycles. The Hall–Kier alpha value is -1.15. The van der Waals surface area contributed by atoms with Gasteiger partial charge in [0.15, 0.2) is 0 Å². The van der Waals surface area contributed by atoms with Crippen LogP contribution in [0.25, 0.3) is 10.9 Å². The van der Waals surface area contributed by atoms with Crippen molar-refractivity contribution in [2.75, 3.05) is 0 Å². The number of aromatic amines is 1. The highest BCUT2D eigenvalue weighted by Gasteiger charge is 1.87. The molecule has 0 bridgehead atoms. The van der Waals surface area contributed by atoms with Gasteiger partial charge in [-0.05, 0) is 35.7 Å². The molecule has 0 aliphatic carbocycles.